The molecular weight excluding hydrogens is 260 g/mol. The van der Waals surface area contributed by atoms with Crippen molar-refractivity contribution in [2.24, 2.45) is 5.73 Å². The molecule has 0 fully saturated rings. The summed E-state index contributed by atoms with van der Waals surface area (Å²) in [6.07, 6.45) is 0.336. The smallest absolute Gasteiger partial charge is 0.172 e. The van der Waals surface area contributed by atoms with Crippen molar-refractivity contribution in [3.63, 3.8) is 0 Å². The number of ether oxygens (including phenoxy) is 2. The van der Waals surface area contributed by atoms with Gasteiger partial charge in [0, 0.05) is 30.4 Å². The number of aromatic nitrogens is 1. The summed E-state index contributed by atoms with van der Waals surface area (Å²) in [5.41, 5.74) is 7.35. The monoisotopic (exact) mass is 286 g/mol. The summed E-state index contributed by atoms with van der Waals surface area (Å²) in [6.45, 7) is 11.6. The predicted molar refractivity (Wildman–Crippen MR) is 79.5 cm³/mol. The summed E-state index contributed by atoms with van der Waals surface area (Å²) in [4.78, 5) is 4.65. The molecule has 0 saturated heterocycles. The van der Waals surface area contributed by atoms with E-state index in [1.165, 1.54) is 0 Å². The lowest BCUT2D eigenvalue weighted by Crippen LogP contribution is -2.40. The molecule has 0 aliphatic carbocycles. The van der Waals surface area contributed by atoms with Crippen LogP contribution >= 0.6 is 11.3 Å². The van der Waals surface area contributed by atoms with E-state index in [2.05, 4.69) is 31.1 Å². The Balaban J connectivity index is 2.64. The van der Waals surface area contributed by atoms with Crippen LogP contribution in [0.4, 0.5) is 0 Å². The lowest BCUT2D eigenvalue weighted by atomic mass is 9.93. The Hall–Kier alpha value is -0.490. The van der Waals surface area contributed by atoms with E-state index in [1.54, 1.807) is 11.3 Å². The van der Waals surface area contributed by atoms with Gasteiger partial charge in [0.15, 0.2) is 6.29 Å². The fourth-order valence-electron chi connectivity index (χ4n) is 1.67. The molecule has 1 rings (SSSR count). The first kappa shape index (κ1) is 16.6. The molecule has 1 unspecified atom stereocenters. The van der Waals surface area contributed by atoms with Crippen LogP contribution in [-0.4, -0.2) is 30.5 Å². The van der Waals surface area contributed by atoms with Gasteiger partial charge in [-0.05, 0) is 13.8 Å². The molecule has 0 spiro atoms. The highest BCUT2D eigenvalue weighted by molar-refractivity contribution is 7.09. The predicted octanol–water partition coefficient (Wildman–Crippen LogP) is 2.71. The van der Waals surface area contributed by atoms with Crippen LogP contribution in [0.5, 0.6) is 0 Å². The molecule has 1 atom stereocenters. The third-order valence-electron chi connectivity index (χ3n) is 2.74. The van der Waals surface area contributed by atoms with Gasteiger partial charge in [-0.25, -0.2) is 4.98 Å². The van der Waals surface area contributed by atoms with E-state index in [4.69, 9.17) is 15.2 Å². The minimum absolute atomic E-state index is 0.0814. The minimum atomic E-state index is -0.350. The van der Waals surface area contributed by atoms with Crippen LogP contribution in [0.25, 0.3) is 0 Å². The zero-order valence-electron chi connectivity index (χ0n) is 12.6. The molecule has 0 saturated carbocycles. The molecule has 2 N–H and O–H groups in total. The van der Waals surface area contributed by atoms with Crippen molar-refractivity contribution in [2.75, 3.05) is 13.2 Å². The van der Waals surface area contributed by atoms with Gasteiger partial charge in [0.2, 0.25) is 0 Å². The molecule has 5 heteroatoms. The number of rotatable bonds is 7. The van der Waals surface area contributed by atoms with Gasteiger partial charge in [-0.15, -0.1) is 11.3 Å². The molecule has 4 nitrogen and oxygen atoms in total. The van der Waals surface area contributed by atoms with E-state index >= 15 is 0 Å². The maximum absolute atomic E-state index is 6.16. The summed E-state index contributed by atoms with van der Waals surface area (Å²) >= 11 is 1.66. The quantitative estimate of drug-likeness (QED) is 0.783. The second-order valence-electron chi connectivity index (χ2n) is 5.52. The molecular formula is C14H26N2O2S. The van der Waals surface area contributed by atoms with E-state index in [-0.39, 0.29) is 17.7 Å². The largest absolute Gasteiger partial charge is 0.351 e. The minimum Gasteiger partial charge on any atom is -0.351 e. The van der Waals surface area contributed by atoms with E-state index < -0.39 is 0 Å². The van der Waals surface area contributed by atoms with Gasteiger partial charge in [0.1, 0.15) is 0 Å². The lowest BCUT2D eigenvalue weighted by molar-refractivity contribution is -0.148. The summed E-state index contributed by atoms with van der Waals surface area (Å²) in [7, 11) is 0. The van der Waals surface area contributed by atoms with Crippen molar-refractivity contribution in [1.82, 2.24) is 4.98 Å². The summed E-state index contributed by atoms with van der Waals surface area (Å²) < 4.78 is 11.0. The van der Waals surface area contributed by atoms with Crippen LogP contribution in [0.3, 0.4) is 0 Å². The van der Waals surface area contributed by atoms with Crippen LogP contribution in [0, 0.1) is 0 Å². The van der Waals surface area contributed by atoms with Crippen LogP contribution in [0.1, 0.15) is 45.3 Å². The van der Waals surface area contributed by atoms with Gasteiger partial charge in [0.25, 0.3) is 0 Å². The standard InChI is InChI=1S/C14H26N2O2S/c1-6-17-13(18-7-2)10(15)8-12-16-11(9-19-12)14(3,4)5/h9-10,13H,6-8,15H2,1-5H3. The third-order valence-corrected chi connectivity index (χ3v) is 3.61. The maximum atomic E-state index is 6.16. The van der Waals surface area contributed by atoms with E-state index in [0.717, 1.165) is 10.7 Å². The number of hydrogen-bond donors (Lipinski definition) is 1. The normalized spacial score (nSPS) is 14.1. The molecule has 0 aromatic carbocycles. The van der Waals surface area contributed by atoms with Crippen LogP contribution in [0.15, 0.2) is 5.38 Å². The third kappa shape index (κ3) is 5.18. The second-order valence-corrected chi connectivity index (χ2v) is 6.47. The fraction of sp³-hybridized carbons (Fsp3) is 0.786. The topological polar surface area (TPSA) is 57.4 Å². The van der Waals surface area contributed by atoms with Crippen molar-refractivity contribution in [3.05, 3.63) is 16.1 Å². The van der Waals surface area contributed by atoms with Crippen molar-refractivity contribution in [2.45, 2.75) is 58.8 Å². The van der Waals surface area contributed by atoms with E-state index in [0.29, 0.717) is 19.6 Å². The molecule has 0 aliphatic heterocycles. The van der Waals surface area contributed by atoms with Crippen molar-refractivity contribution >= 4 is 11.3 Å². The highest BCUT2D eigenvalue weighted by Gasteiger charge is 2.22. The Bertz CT molecular complexity index is 368. The second kappa shape index (κ2) is 7.33. The molecule has 1 heterocycles. The number of nitrogens with two attached hydrogens (primary N) is 1. The maximum Gasteiger partial charge on any atom is 0.172 e. The Kier molecular flexibility index (Phi) is 6.39. The van der Waals surface area contributed by atoms with Gasteiger partial charge in [0.05, 0.1) is 16.7 Å². The molecule has 0 radical (unpaired) electrons. The van der Waals surface area contributed by atoms with Gasteiger partial charge in [-0.2, -0.15) is 0 Å². The van der Waals surface area contributed by atoms with Crippen molar-refractivity contribution in [3.8, 4) is 0 Å². The summed E-state index contributed by atoms with van der Waals surface area (Å²) in [5.74, 6) is 0. The SMILES string of the molecule is CCOC(OCC)C(N)Cc1nc(C(C)(C)C)cs1. The van der Waals surface area contributed by atoms with E-state index in [1.807, 2.05) is 13.8 Å². The van der Waals surface area contributed by atoms with Gasteiger partial charge < -0.3 is 15.2 Å². The van der Waals surface area contributed by atoms with Crippen molar-refractivity contribution < 1.29 is 9.47 Å². The first-order valence-electron chi connectivity index (χ1n) is 6.82. The average Bonchev–Trinajstić information content (AvgIpc) is 2.77. The Labute approximate surface area is 120 Å². The van der Waals surface area contributed by atoms with Crippen LogP contribution < -0.4 is 5.73 Å². The molecule has 1 aromatic heterocycles. The van der Waals surface area contributed by atoms with Gasteiger partial charge in [-0.3, -0.25) is 0 Å². The summed E-state index contributed by atoms with van der Waals surface area (Å²) in [6, 6.07) is -0.182. The fourth-order valence-corrected chi connectivity index (χ4v) is 2.76. The highest BCUT2D eigenvalue weighted by atomic mass is 32.1. The lowest BCUT2D eigenvalue weighted by Gasteiger charge is -2.22. The number of hydrogen-bond acceptors (Lipinski definition) is 5. The highest BCUT2D eigenvalue weighted by Crippen LogP contribution is 2.24. The molecule has 19 heavy (non-hydrogen) atoms. The first-order valence-corrected chi connectivity index (χ1v) is 7.70. The summed E-state index contributed by atoms with van der Waals surface area (Å²) in [5, 5.41) is 3.15. The molecule has 0 aliphatic rings. The number of thiazole rings is 1. The van der Waals surface area contributed by atoms with Gasteiger partial charge in [-0.1, -0.05) is 20.8 Å². The molecule has 1 aromatic rings. The zero-order chi connectivity index (χ0) is 14.5. The Morgan fingerprint density at radius 1 is 1.26 bits per heavy atom. The van der Waals surface area contributed by atoms with Crippen LogP contribution in [0.2, 0.25) is 0 Å². The van der Waals surface area contributed by atoms with Gasteiger partial charge >= 0.3 is 0 Å². The first-order chi connectivity index (χ1) is 8.88. The molecule has 110 valence electrons. The molecule has 0 bridgehead atoms. The number of nitrogens with zero attached hydrogens (tertiary/aromatic N) is 1. The average molecular weight is 286 g/mol. The zero-order valence-corrected chi connectivity index (χ0v) is 13.4. The van der Waals surface area contributed by atoms with Crippen LogP contribution in [-0.2, 0) is 21.3 Å². The molecule has 0 amide bonds. The van der Waals surface area contributed by atoms with Crippen molar-refractivity contribution in [1.29, 1.82) is 0 Å². The Morgan fingerprint density at radius 2 is 1.84 bits per heavy atom. The van der Waals surface area contributed by atoms with E-state index in [9.17, 15) is 0 Å². The Morgan fingerprint density at radius 3 is 2.26 bits per heavy atom.